The number of rotatable bonds is 5. The highest BCUT2D eigenvalue weighted by Crippen LogP contribution is 2.39. The molecule has 3 heteroatoms. The Hall–Kier alpha value is -2.42. The minimum absolute atomic E-state index is 0.270. The van der Waals surface area contributed by atoms with Crippen molar-refractivity contribution < 1.29 is 0 Å². The molecule has 2 aromatic carbocycles. The minimum Gasteiger partial charge on any atom is -0.242 e. The van der Waals surface area contributed by atoms with Crippen LogP contribution >= 0.6 is 0 Å². The van der Waals surface area contributed by atoms with E-state index in [-0.39, 0.29) is 11.5 Å². The SMILES string of the molecule is CCCCc1ccc2c(c1)CCc1cc(CC(C)(C)C)ccc1-c1nnn(C(C)C)c1-2. The Morgan fingerprint density at radius 1 is 0.935 bits per heavy atom. The van der Waals surface area contributed by atoms with Gasteiger partial charge >= 0.3 is 0 Å². The topological polar surface area (TPSA) is 30.7 Å². The smallest absolute Gasteiger partial charge is 0.121 e. The lowest BCUT2D eigenvalue weighted by molar-refractivity contribution is 0.411. The number of aromatic nitrogens is 3. The molecule has 0 saturated heterocycles. The molecule has 1 heterocycles. The van der Waals surface area contributed by atoms with Crippen molar-refractivity contribution in [2.24, 2.45) is 5.41 Å². The Labute approximate surface area is 187 Å². The summed E-state index contributed by atoms with van der Waals surface area (Å²) in [5.74, 6) is 0. The van der Waals surface area contributed by atoms with Gasteiger partial charge in [-0.05, 0) is 73.6 Å². The lowest BCUT2D eigenvalue weighted by Gasteiger charge is -2.22. The van der Waals surface area contributed by atoms with Gasteiger partial charge in [-0.15, -0.1) is 5.10 Å². The maximum absolute atomic E-state index is 4.71. The second-order valence-electron chi connectivity index (χ2n) is 10.6. The van der Waals surface area contributed by atoms with Crippen molar-refractivity contribution in [2.75, 3.05) is 0 Å². The van der Waals surface area contributed by atoms with Gasteiger partial charge in [0, 0.05) is 17.2 Å². The standard InChI is InChI=1S/C28H37N3/c1-7-8-9-20-10-15-25-23(16-20)13-12-22-17-21(18-28(4,5)6)11-14-24(22)26-27(25)31(19(2)3)30-29-26/h10-11,14-17,19H,7-9,12-13,18H2,1-6H3. The highest BCUT2D eigenvalue weighted by molar-refractivity contribution is 5.82. The van der Waals surface area contributed by atoms with Gasteiger partial charge in [0.05, 0.1) is 5.69 Å². The first kappa shape index (κ1) is 21.8. The van der Waals surface area contributed by atoms with Crippen LogP contribution in [0.5, 0.6) is 0 Å². The Morgan fingerprint density at radius 3 is 2.26 bits per heavy atom. The van der Waals surface area contributed by atoms with Crippen molar-refractivity contribution in [1.29, 1.82) is 0 Å². The number of hydrogen-bond donors (Lipinski definition) is 0. The zero-order valence-corrected chi connectivity index (χ0v) is 20.1. The van der Waals surface area contributed by atoms with Crippen LogP contribution in [0.2, 0.25) is 0 Å². The summed E-state index contributed by atoms with van der Waals surface area (Å²) >= 11 is 0. The summed E-state index contributed by atoms with van der Waals surface area (Å²) in [6, 6.07) is 14.3. The van der Waals surface area contributed by atoms with Crippen molar-refractivity contribution in [1.82, 2.24) is 15.0 Å². The van der Waals surface area contributed by atoms with E-state index in [2.05, 4.69) is 87.8 Å². The van der Waals surface area contributed by atoms with Crippen LogP contribution in [0.1, 0.15) is 82.7 Å². The molecule has 0 radical (unpaired) electrons. The highest BCUT2D eigenvalue weighted by atomic mass is 15.4. The maximum Gasteiger partial charge on any atom is 0.121 e. The highest BCUT2D eigenvalue weighted by Gasteiger charge is 2.25. The summed E-state index contributed by atoms with van der Waals surface area (Å²) in [4.78, 5) is 0. The molecule has 0 saturated carbocycles. The van der Waals surface area contributed by atoms with Crippen LogP contribution in [-0.2, 0) is 25.7 Å². The van der Waals surface area contributed by atoms with Crippen LogP contribution in [0.25, 0.3) is 22.5 Å². The van der Waals surface area contributed by atoms with Gasteiger partial charge < -0.3 is 0 Å². The number of aryl methyl sites for hydroxylation is 3. The molecule has 0 bridgehead atoms. The van der Waals surface area contributed by atoms with Gasteiger partial charge in [-0.1, -0.05) is 75.7 Å². The van der Waals surface area contributed by atoms with Crippen molar-refractivity contribution >= 4 is 0 Å². The van der Waals surface area contributed by atoms with E-state index in [1.54, 1.807) is 0 Å². The van der Waals surface area contributed by atoms with Crippen LogP contribution in [-0.4, -0.2) is 15.0 Å². The average molecular weight is 416 g/mol. The molecule has 164 valence electrons. The summed E-state index contributed by atoms with van der Waals surface area (Å²) in [6.45, 7) is 13.6. The number of benzene rings is 2. The third-order valence-electron chi connectivity index (χ3n) is 6.25. The van der Waals surface area contributed by atoms with Gasteiger partial charge in [0.1, 0.15) is 5.69 Å². The minimum atomic E-state index is 0.270. The first-order valence-electron chi connectivity index (χ1n) is 12.0. The zero-order valence-electron chi connectivity index (χ0n) is 20.1. The van der Waals surface area contributed by atoms with E-state index in [1.165, 1.54) is 51.9 Å². The second-order valence-corrected chi connectivity index (χ2v) is 10.6. The largest absolute Gasteiger partial charge is 0.242 e. The summed E-state index contributed by atoms with van der Waals surface area (Å²) in [5, 5.41) is 9.31. The van der Waals surface area contributed by atoms with Crippen LogP contribution in [0.15, 0.2) is 36.4 Å². The van der Waals surface area contributed by atoms with Gasteiger partial charge in [0.2, 0.25) is 0 Å². The van der Waals surface area contributed by atoms with Crippen LogP contribution < -0.4 is 0 Å². The lowest BCUT2D eigenvalue weighted by Crippen LogP contribution is -2.11. The van der Waals surface area contributed by atoms with Gasteiger partial charge in [-0.25, -0.2) is 4.68 Å². The molecule has 0 atom stereocenters. The van der Waals surface area contributed by atoms with E-state index in [0.29, 0.717) is 0 Å². The van der Waals surface area contributed by atoms with Crippen molar-refractivity contribution in [3.63, 3.8) is 0 Å². The molecule has 0 unspecified atom stereocenters. The summed E-state index contributed by atoms with van der Waals surface area (Å²) in [6.07, 6.45) is 6.83. The third-order valence-corrected chi connectivity index (χ3v) is 6.25. The Bertz CT molecular complexity index is 1070. The fraction of sp³-hybridized carbons (Fsp3) is 0.500. The van der Waals surface area contributed by atoms with E-state index < -0.39 is 0 Å². The lowest BCUT2D eigenvalue weighted by atomic mass is 9.84. The van der Waals surface area contributed by atoms with Gasteiger partial charge in [0.15, 0.2) is 0 Å². The van der Waals surface area contributed by atoms with Crippen LogP contribution in [0, 0.1) is 5.41 Å². The maximum atomic E-state index is 4.71. The molecule has 1 aliphatic rings. The molecule has 1 aromatic heterocycles. The predicted molar refractivity (Wildman–Crippen MR) is 130 cm³/mol. The molecule has 0 aliphatic heterocycles. The zero-order chi connectivity index (χ0) is 22.2. The predicted octanol–water partition coefficient (Wildman–Crippen LogP) is 7.22. The number of fused-ring (bicyclic) bond motifs is 5. The fourth-order valence-electron chi connectivity index (χ4n) is 4.79. The van der Waals surface area contributed by atoms with Gasteiger partial charge in [-0.3, -0.25) is 0 Å². The Balaban J connectivity index is 1.86. The third kappa shape index (κ3) is 4.61. The van der Waals surface area contributed by atoms with E-state index in [1.807, 2.05) is 0 Å². The molecule has 0 spiro atoms. The second kappa shape index (κ2) is 8.61. The molecule has 4 rings (SSSR count). The normalized spacial score (nSPS) is 13.4. The first-order valence-corrected chi connectivity index (χ1v) is 12.0. The Kier molecular flexibility index (Phi) is 6.05. The van der Waals surface area contributed by atoms with Crippen LogP contribution in [0.3, 0.4) is 0 Å². The molecular formula is C28H37N3. The molecule has 1 aliphatic carbocycles. The van der Waals surface area contributed by atoms with Crippen molar-refractivity contribution in [3.05, 3.63) is 58.7 Å². The fourth-order valence-corrected chi connectivity index (χ4v) is 4.79. The molecule has 3 aromatic rings. The monoisotopic (exact) mass is 415 g/mol. The molecular weight excluding hydrogens is 378 g/mol. The molecule has 3 nitrogen and oxygen atoms in total. The molecule has 31 heavy (non-hydrogen) atoms. The van der Waals surface area contributed by atoms with E-state index in [9.17, 15) is 0 Å². The van der Waals surface area contributed by atoms with Gasteiger partial charge in [0.25, 0.3) is 0 Å². The van der Waals surface area contributed by atoms with E-state index in [4.69, 9.17) is 5.10 Å². The van der Waals surface area contributed by atoms with Crippen LogP contribution in [0.4, 0.5) is 0 Å². The molecule has 0 fully saturated rings. The summed E-state index contributed by atoms with van der Waals surface area (Å²) in [5.41, 5.74) is 10.8. The van der Waals surface area contributed by atoms with E-state index in [0.717, 1.165) is 31.4 Å². The number of hydrogen-bond acceptors (Lipinski definition) is 2. The number of unbranched alkanes of at least 4 members (excludes halogenated alkanes) is 1. The summed E-state index contributed by atoms with van der Waals surface area (Å²) < 4.78 is 2.11. The summed E-state index contributed by atoms with van der Waals surface area (Å²) in [7, 11) is 0. The first-order chi connectivity index (χ1) is 14.8. The average Bonchev–Trinajstić information content (AvgIpc) is 3.13. The van der Waals surface area contributed by atoms with Crippen molar-refractivity contribution in [2.45, 2.75) is 86.1 Å². The quantitative estimate of drug-likeness (QED) is 0.440. The Morgan fingerprint density at radius 2 is 1.58 bits per heavy atom. The van der Waals surface area contributed by atoms with Gasteiger partial charge in [-0.2, -0.15) is 0 Å². The van der Waals surface area contributed by atoms with Crippen molar-refractivity contribution in [3.8, 4) is 22.5 Å². The number of nitrogens with zero attached hydrogens (tertiary/aromatic N) is 3. The van der Waals surface area contributed by atoms with E-state index >= 15 is 0 Å². The molecule has 0 N–H and O–H groups in total. The molecule has 0 amide bonds.